The van der Waals surface area contributed by atoms with Crippen LogP contribution >= 0.6 is 0 Å². The highest BCUT2D eigenvalue weighted by Gasteiger charge is 2.72. The van der Waals surface area contributed by atoms with Gasteiger partial charge in [0.05, 0.1) is 23.8 Å². The summed E-state index contributed by atoms with van der Waals surface area (Å²) in [6.07, 6.45) is 4.59. The van der Waals surface area contributed by atoms with Crippen molar-refractivity contribution in [3.05, 3.63) is 12.7 Å². The SMILES string of the molecule is C=CCCC(O)C(C)C(=O)N1C2CC3CCC2(CS1(=O)=O)C3(C)C. The molecule has 1 spiro atoms. The number of fused-ring (bicyclic) bond motifs is 1. The summed E-state index contributed by atoms with van der Waals surface area (Å²) < 4.78 is 26.8. The molecule has 2 saturated carbocycles. The molecule has 24 heavy (non-hydrogen) atoms. The first kappa shape index (κ1) is 17.9. The van der Waals surface area contributed by atoms with Crippen molar-refractivity contribution in [2.24, 2.45) is 22.7 Å². The number of hydrogen-bond donors (Lipinski definition) is 1. The number of carbonyl (C=O) groups excluding carboxylic acids is 1. The molecule has 0 aromatic heterocycles. The van der Waals surface area contributed by atoms with Crippen LogP contribution in [0.15, 0.2) is 12.7 Å². The van der Waals surface area contributed by atoms with Crippen LogP contribution in [0.3, 0.4) is 0 Å². The number of aliphatic hydroxyl groups excluding tert-OH is 1. The summed E-state index contributed by atoms with van der Waals surface area (Å²) in [6.45, 7) is 9.58. The Morgan fingerprint density at radius 1 is 1.46 bits per heavy atom. The van der Waals surface area contributed by atoms with Crippen molar-refractivity contribution in [2.45, 2.75) is 65.0 Å². The lowest BCUT2D eigenvalue weighted by Gasteiger charge is -2.37. The molecular weight excluding hydrogens is 326 g/mol. The van der Waals surface area contributed by atoms with Gasteiger partial charge < -0.3 is 5.11 Å². The quantitative estimate of drug-likeness (QED) is 0.768. The molecule has 3 aliphatic rings. The topological polar surface area (TPSA) is 74.7 Å². The number of amides is 1. The third-order valence-electron chi connectivity index (χ3n) is 7.26. The molecule has 0 aromatic carbocycles. The molecule has 0 aromatic rings. The highest BCUT2D eigenvalue weighted by Crippen LogP contribution is 2.70. The maximum absolute atomic E-state index is 13.0. The van der Waals surface area contributed by atoms with Gasteiger partial charge in [-0.1, -0.05) is 26.8 Å². The fraction of sp³-hybridized carbons (Fsp3) is 0.833. The molecule has 1 aliphatic heterocycles. The number of carbonyl (C=O) groups is 1. The second-order valence-electron chi connectivity index (χ2n) is 8.48. The van der Waals surface area contributed by atoms with E-state index in [2.05, 4.69) is 20.4 Å². The summed E-state index contributed by atoms with van der Waals surface area (Å²) >= 11 is 0. The van der Waals surface area contributed by atoms with Crippen molar-refractivity contribution < 1.29 is 18.3 Å². The van der Waals surface area contributed by atoms with Gasteiger partial charge in [0.25, 0.3) is 0 Å². The number of sulfonamides is 1. The highest BCUT2D eigenvalue weighted by molar-refractivity contribution is 7.90. The third kappa shape index (κ3) is 2.22. The van der Waals surface area contributed by atoms with Crippen LogP contribution in [0.4, 0.5) is 0 Å². The zero-order valence-corrected chi connectivity index (χ0v) is 15.7. The van der Waals surface area contributed by atoms with Crippen LogP contribution in [0, 0.1) is 22.7 Å². The predicted molar refractivity (Wildman–Crippen MR) is 92.6 cm³/mol. The number of nitrogens with zero attached hydrogens (tertiary/aromatic N) is 1. The van der Waals surface area contributed by atoms with Crippen LogP contribution in [-0.2, 0) is 14.8 Å². The Bertz CT molecular complexity index is 656. The molecule has 1 N–H and O–H groups in total. The minimum atomic E-state index is -3.61. The summed E-state index contributed by atoms with van der Waals surface area (Å²) in [6, 6.07) is -0.224. The minimum absolute atomic E-state index is 0.0511. The number of hydrogen-bond acceptors (Lipinski definition) is 4. The van der Waals surface area contributed by atoms with E-state index in [-0.39, 0.29) is 22.6 Å². The fourth-order valence-electron chi connectivity index (χ4n) is 5.48. The van der Waals surface area contributed by atoms with E-state index in [1.807, 2.05) is 0 Å². The molecule has 1 saturated heterocycles. The Labute approximate surface area is 145 Å². The minimum Gasteiger partial charge on any atom is -0.392 e. The van der Waals surface area contributed by atoms with Gasteiger partial charge in [-0.2, -0.15) is 0 Å². The average Bonchev–Trinajstić information content (AvgIpc) is 2.98. The zero-order valence-electron chi connectivity index (χ0n) is 14.9. The number of allylic oxidation sites excluding steroid dienone is 1. The van der Waals surface area contributed by atoms with Gasteiger partial charge in [0.1, 0.15) is 0 Å². The Balaban J connectivity index is 1.89. The van der Waals surface area contributed by atoms with Gasteiger partial charge >= 0.3 is 0 Å². The molecule has 1 heterocycles. The van der Waals surface area contributed by atoms with Crippen molar-refractivity contribution >= 4 is 15.9 Å². The number of aliphatic hydroxyl groups is 1. The van der Waals surface area contributed by atoms with Crippen molar-refractivity contribution in [1.82, 2.24) is 4.31 Å². The molecule has 5 nitrogen and oxygen atoms in total. The second-order valence-corrected chi connectivity index (χ2v) is 10.3. The van der Waals surface area contributed by atoms with Crippen molar-refractivity contribution in [3.63, 3.8) is 0 Å². The van der Waals surface area contributed by atoms with E-state index in [0.29, 0.717) is 18.8 Å². The first-order valence-electron chi connectivity index (χ1n) is 8.93. The van der Waals surface area contributed by atoms with Gasteiger partial charge in [0.2, 0.25) is 15.9 Å². The molecule has 3 fully saturated rings. The van der Waals surface area contributed by atoms with Crippen molar-refractivity contribution in [2.75, 3.05) is 5.75 Å². The van der Waals surface area contributed by atoms with E-state index < -0.39 is 28.0 Å². The van der Waals surface area contributed by atoms with Crippen LogP contribution in [0.25, 0.3) is 0 Å². The van der Waals surface area contributed by atoms with Gasteiger partial charge in [-0.3, -0.25) is 4.79 Å². The number of rotatable bonds is 5. The summed E-state index contributed by atoms with van der Waals surface area (Å²) in [4.78, 5) is 13.0. The normalized spacial score (nSPS) is 37.9. The molecule has 2 bridgehead atoms. The Morgan fingerprint density at radius 2 is 2.12 bits per heavy atom. The van der Waals surface area contributed by atoms with E-state index in [1.165, 1.54) is 0 Å². The van der Waals surface area contributed by atoms with Gasteiger partial charge in [-0.15, -0.1) is 6.58 Å². The summed E-state index contributed by atoms with van der Waals surface area (Å²) in [5.74, 6) is -0.585. The summed E-state index contributed by atoms with van der Waals surface area (Å²) in [5, 5.41) is 10.2. The molecule has 136 valence electrons. The molecule has 1 amide bonds. The molecule has 0 radical (unpaired) electrons. The smallest absolute Gasteiger partial charge is 0.241 e. The molecule has 5 unspecified atom stereocenters. The molecule has 3 rings (SSSR count). The van der Waals surface area contributed by atoms with Crippen LogP contribution in [-0.4, -0.2) is 41.6 Å². The molecule has 2 aliphatic carbocycles. The fourth-order valence-corrected chi connectivity index (χ4v) is 8.10. The summed E-state index contributed by atoms with van der Waals surface area (Å²) in [7, 11) is -3.61. The van der Waals surface area contributed by atoms with E-state index in [0.717, 1.165) is 23.6 Å². The monoisotopic (exact) mass is 355 g/mol. The Hall–Kier alpha value is -0.880. The van der Waals surface area contributed by atoms with Crippen LogP contribution < -0.4 is 0 Å². The molecule has 5 atom stereocenters. The molecular formula is C18H29NO4S. The molecule has 6 heteroatoms. The third-order valence-corrected chi connectivity index (χ3v) is 9.18. The van der Waals surface area contributed by atoms with Crippen LogP contribution in [0.2, 0.25) is 0 Å². The maximum atomic E-state index is 13.0. The lowest BCUT2D eigenvalue weighted by molar-refractivity contribution is -0.136. The largest absolute Gasteiger partial charge is 0.392 e. The van der Waals surface area contributed by atoms with Crippen LogP contribution in [0.1, 0.15) is 52.9 Å². The zero-order chi connectivity index (χ0) is 17.9. The van der Waals surface area contributed by atoms with Crippen LogP contribution in [0.5, 0.6) is 0 Å². The highest BCUT2D eigenvalue weighted by atomic mass is 32.2. The van der Waals surface area contributed by atoms with E-state index in [4.69, 9.17) is 0 Å². The lowest BCUT2D eigenvalue weighted by Crippen LogP contribution is -2.47. The Kier molecular flexibility index (Phi) is 4.15. The summed E-state index contributed by atoms with van der Waals surface area (Å²) in [5.41, 5.74) is -0.359. The van der Waals surface area contributed by atoms with E-state index >= 15 is 0 Å². The van der Waals surface area contributed by atoms with Gasteiger partial charge in [0.15, 0.2) is 0 Å². The van der Waals surface area contributed by atoms with Gasteiger partial charge in [0, 0.05) is 5.41 Å². The average molecular weight is 356 g/mol. The first-order chi connectivity index (χ1) is 11.1. The van der Waals surface area contributed by atoms with Crippen molar-refractivity contribution in [3.8, 4) is 0 Å². The first-order valence-corrected chi connectivity index (χ1v) is 10.5. The lowest BCUT2D eigenvalue weighted by atomic mass is 9.69. The van der Waals surface area contributed by atoms with E-state index in [1.54, 1.807) is 13.0 Å². The van der Waals surface area contributed by atoms with Gasteiger partial charge in [-0.05, 0) is 43.4 Å². The van der Waals surface area contributed by atoms with E-state index in [9.17, 15) is 18.3 Å². The standard InChI is InChI=1S/C18H29NO4S/c1-5-6-7-14(20)12(2)16(21)19-15-10-13-8-9-18(15,17(13,3)4)11-24(19,22)23/h5,12-15,20H,1,6-11H2,2-4H3. The Morgan fingerprint density at radius 3 is 2.71 bits per heavy atom. The predicted octanol–water partition coefficient (Wildman–Crippen LogP) is 2.32. The maximum Gasteiger partial charge on any atom is 0.241 e. The second kappa shape index (κ2) is 5.56. The van der Waals surface area contributed by atoms with Gasteiger partial charge in [-0.25, -0.2) is 12.7 Å². The van der Waals surface area contributed by atoms with Crippen molar-refractivity contribution in [1.29, 1.82) is 0 Å².